The van der Waals surface area contributed by atoms with Crippen LogP contribution in [0.25, 0.3) is 0 Å². The Bertz CT molecular complexity index is 1500. The first-order chi connectivity index (χ1) is 19.8. The first-order valence-electron chi connectivity index (χ1n) is 11.9. The summed E-state index contributed by atoms with van der Waals surface area (Å²) in [5.41, 5.74) is -1.03. The molecule has 0 saturated heterocycles. The number of nitrogens with one attached hydrogen (secondary N) is 2. The SMILES string of the molecule is O=C(Nc1nc(C(F)(F)F)cs1)N[C@@](Cc1ccccc1)(c1cccc(OC(F)(F)C(F)F)c1)c1ccc(CI)cn1. The third kappa shape index (κ3) is 7.48. The van der Waals surface area contributed by atoms with Gasteiger partial charge in [0.05, 0.1) is 5.69 Å². The Morgan fingerprint density at radius 1 is 0.952 bits per heavy atom. The van der Waals surface area contributed by atoms with Crippen LogP contribution in [-0.2, 0) is 22.6 Å². The first kappa shape index (κ1) is 31.5. The van der Waals surface area contributed by atoms with Crippen molar-refractivity contribution in [1.29, 1.82) is 0 Å². The molecule has 6 nitrogen and oxygen atoms in total. The van der Waals surface area contributed by atoms with Crippen LogP contribution in [0.5, 0.6) is 5.75 Å². The molecule has 0 aliphatic heterocycles. The van der Waals surface area contributed by atoms with E-state index in [1.807, 2.05) is 0 Å². The zero-order chi connectivity index (χ0) is 30.5. The molecule has 0 radical (unpaired) electrons. The molecule has 4 aromatic rings. The Kier molecular flexibility index (Phi) is 9.60. The Balaban J connectivity index is 1.83. The van der Waals surface area contributed by atoms with Crippen LogP contribution in [0.2, 0.25) is 0 Å². The monoisotopic (exact) mass is 724 g/mol. The van der Waals surface area contributed by atoms with E-state index in [0.717, 1.165) is 23.1 Å². The van der Waals surface area contributed by atoms with Crippen LogP contribution in [0.4, 0.5) is 40.7 Å². The molecule has 15 heteroatoms. The van der Waals surface area contributed by atoms with E-state index in [1.165, 1.54) is 12.1 Å². The van der Waals surface area contributed by atoms with E-state index in [0.29, 0.717) is 21.3 Å². The van der Waals surface area contributed by atoms with Gasteiger partial charge >= 0.3 is 24.7 Å². The molecule has 2 N–H and O–H groups in total. The Labute approximate surface area is 252 Å². The number of urea groups is 1. The van der Waals surface area contributed by atoms with E-state index in [4.69, 9.17) is 0 Å². The molecule has 222 valence electrons. The minimum Gasteiger partial charge on any atom is -0.428 e. The smallest absolute Gasteiger partial charge is 0.428 e. The van der Waals surface area contributed by atoms with Gasteiger partial charge in [0.1, 0.15) is 11.3 Å². The molecule has 0 fully saturated rings. The summed E-state index contributed by atoms with van der Waals surface area (Å²) in [7, 11) is 0. The molecule has 0 bridgehead atoms. The highest BCUT2D eigenvalue weighted by Gasteiger charge is 2.45. The topological polar surface area (TPSA) is 76.1 Å². The van der Waals surface area contributed by atoms with Crippen molar-refractivity contribution in [2.75, 3.05) is 5.32 Å². The summed E-state index contributed by atoms with van der Waals surface area (Å²) in [4.78, 5) is 21.2. The number of hydrogen-bond donors (Lipinski definition) is 2. The number of amides is 2. The molecule has 1 atom stereocenters. The fourth-order valence-corrected chi connectivity index (χ4v) is 5.15. The second kappa shape index (κ2) is 12.8. The summed E-state index contributed by atoms with van der Waals surface area (Å²) in [6, 6.07) is 15.9. The molecule has 0 spiro atoms. The van der Waals surface area contributed by atoms with E-state index in [-0.39, 0.29) is 22.8 Å². The van der Waals surface area contributed by atoms with E-state index in [1.54, 1.807) is 48.7 Å². The van der Waals surface area contributed by atoms with Gasteiger partial charge in [0.15, 0.2) is 10.8 Å². The maximum Gasteiger partial charge on any atom is 0.461 e. The number of ether oxygens (including phenoxy) is 1. The lowest BCUT2D eigenvalue weighted by atomic mass is 9.80. The maximum absolute atomic E-state index is 13.8. The summed E-state index contributed by atoms with van der Waals surface area (Å²) in [5, 5.41) is 5.41. The number of benzene rings is 2. The highest BCUT2D eigenvalue weighted by Crippen LogP contribution is 2.37. The Morgan fingerprint density at radius 3 is 2.29 bits per heavy atom. The lowest BCUT2D eigenvalue weighted by molar-refractivity contribution is -0.253. The van der Waals surface area contributed by atoms with Crippen molar-refractivity contribution in [3.05, 3.63) is 106 Å². The van der Waals surface area contributed by atoms with Gasteiger partial charge in [0, 0.05) is 22.4 Å². The number of alkyl halides is 8. The molecule has 0 saturated carbocycles. The quantitative estimate of drug-likeness (QED) is 0.0987. The second-order valence-corrected chi connectivity index (χ2v) is 10.5. The van der Waals surface area contributed by atoms with Crippen molar-refractivity contribution in [3.8, 4) is 5.75 Å². The van der Waals surface area contributed by atoms with Gasteiger partial charge in [-0.15, -0.1) is 11.3 Å². The van der Waals surface area contributed by atoms with Crippen LogP contribution < -0.4 is 15.4 Å². The minimum absolute atomic E-state index is 0.0296. The van der Waals surface area contributed by atoms with Gasteiger partial charge in [-0.05, 0) is 34.9 Å². The number of thiazole rings is 1. The third-order valence-electron chi connectivity index (χ3n) is 5.91. The number of aromatic nitrogens is 2. The fraction of sp³-hybridized carbons (Fsp3) is 0.222. The van der Waals surface area contributed by atoms with Crippen LogP contribution in [0.1, 0.15) is 28.1 Å². The van der Waals surface area contributed by atoms with Gasteiger partial charge in [-0.2, -0.15) is 30.7 Å². The Hall–Kier alpha value is -3.47. The van der Waals surface area contributed by atoms with Crippen molar-refractivity contribution < 1.29 is 40.3 Å². The highest BCUT2D eigenvalue weighted by atomic mass is 127. The standard InChI is InChI=1S/C27H20F7IN4O2S/c28-22(29)27(33,34)41-19-8-4-7-18(11-19)25(12-16-5-2-1-3-6-16,20-10-9-17(13-35)14-36-20)39-23(40)38-24-37-21(15-42-24)26(30,31)32/h1-11,14-15,22H,12-13H2,(H2,37,38,39,40)/t25-/m0/s1. The van der Waals surface area contributed by atoms with Crippen LogP contribution in [0.15, 0.2) is 78.3 Å². The average Bonchev–Trinajstić information content (AvgIpc) is 3.42. The number of nitrogens with zero attached hydrogens (tertiary/aromatic N) is 2. The summed E-state index contributed by atoms with van der Waals surface area (Å²) in [6.45, 7) is 0. The molecular formula is C27H20F7IN4O2S. The van der Waals surface area contributed by atoms with Gasteiger partial charge in [-0.3, -0.25) is 10.3 Å². The largest absolute Gasteiger partial charge is 0.461 e. The molecule has 0 unspecified atom stereocenters. The van der Waals surface area contributed by atoms with Gasteiger partial charge in [0.2, 0.25) is 0 Å². The normalized spacial score (nSPS) is 13.5. The molecular weight excluding hydrogens is 704 g/mol. The van der Waals surface area contributed by atoms with Crippen molar-refractivity contribution >= 4 is 45.1 Å². The molecule has 2 amide bonds. The van der Waals surface area contributed by atoms with E-state index >= 15 is 0 Å². The fourth-order valence-electron chi connectivity index (χ4n) is 3.99. The second-order valence-electron chi connectivity index (χ2n) is 8.86. The molecule has 2 aromatic carbocycles. The van der Waals surface area contributed by atoms with E-state index in [2.05, 4.69) is 47.9 Å². The zero-order valence-corrected chi connectivity index (χ0v) is 24.1. The van der Waals surface area contributed by atoms with Crippen molar-refractivity contribution in [2.45, 2.75) is 35.1 Å². The minimum atomic E-state index is -4.80. The average molecular weight is 724 g/mol. The van der Waals surface area contributed by atoms with E-state index < -0.39 is 41.7 Å². The van der Waals surface area contributed by atoms with E-state index in [9.17, 15) is 35.5 Å². The number of hydrogen-bond acceptors (Lipinski definition) is 5. The number of pyridine rings is 1. The third-order valence-corrected chi connectivity index (χ3v) is 7.54. The van der Waals surface area contributed by atoms with Gasteiger partial charge in [-0.1, -0.05) is 71.1 Å². The lowest BCUT2D eigenvalue weighted by Gasteiger charge is -2.35. The number of rotatable bonds is 10. The first-order valence-corrected chi connectivity index (χ1v) is 14.4. The van der Waals surface area contributed by atoms with Crippen molar-refractivity contribution in [3.63, 3.8) is 0 Å². The zero-order valence-electron chi connectivity index (χ0n) is 21.1. The van der Waals surface area contributed by atoms with Crippen LogP contribution in [0.3, 0.4) is 0 Å². The molecule has 42 heavy (non-hydrogen) atoms. The molecule has 2 aromatic heterocycles. The Morgan fingerprint density at radius 2 is 1.69 bits per heavy atom. The number of carbonyl (C=O) groups excluding carboxylic acids is 1. The number of anilines is 1. The van der Waals surface area contributed by atoms with Gasteiger partial charge in [0.25, 0.3) is 0 Å². The molecule has 2 heterocycles. The van der Waals surface area contributed by atoms with Crippen LogP contribution >= 0.6 is 33.9 Å². The summed E-state index contributed by atoms with van der Waals surface area (Å²) in [5.74, 6) is -0.615. The van der Waals surface area contributed by atoms with Crippen LogP contribution in [0, 0.1) is 0 Å². The number of carbonyl (C=O) groups is 1. The van der Waals surface area contributed by atoms with Gasteiger partial charge in [-0.25, -0.2) is 9.78 Å². The summed E-state index contributed by atoms with van der Waals surface area (Å²) >= 11 is 2.67. The number of halogens is 8. The predicted octanol–water partition coefficient (Wildman–Crippen LogP) is 8.04. The highest BCUT2D eigenvalue weighted by molar-refractivity contribution is 14.1. The molecule has 4 rings (SSSR count). The predicted molar refractivity (Wildman–Crippen MR) is 150 cm³/mol. The maximum atomic E-state index is 13.8. The lowest BCUT2D eigenvalue weighted by Crippen LogP contribution is -2.50. The molecule has 0 aliphatic rings. The van der Waals surface area contributed by atoms with Gasteiger partial charge < -0.3 is 10.1 Å². The summed E-state index contributed by atoms with van der Waals surface area (Å²) in [6.07, 6.45) is -12.1. The molecule has 0 aliphatic carbocycles. The van der Waals surface area contributed by atoms with Crippen molar-refractivity contribution in [2.24, 2.45) is 0 Å². The summed E-state index contributed by atoms with van der Waals surface area (Å²) < 4.78 is 97.4. The van der Waals surface area contributed by atoms with Crippen LogP contribution in [-0.4, -0.2) is 28.5 Å². The van der Waals surface area contributed by atoms with Crippen molar-refractivity contribution in [1.82, 2.24) is 15.3 Å².